The second-order valence-electron chi connectivity index (χ2n) is 7.27. The maximum absolute atomic E-state index is 5.31. The lowest BCUT2D eigenvalue weighted by Gasteiger charge is -2.42. The molecule has 0 atom stereocenters. The Bertz CT molecular complexity index is 742. The highest BCUT2D eigenvalue weighted by atomic mass is 127. The molecule has 2 aromatic rings. The lowest BCUT2D eigenvalue weighted by Crippen LogP contribution is -2.46. The number of aromatic nitrogens is 3. The van der Waals surface area contributed by atoms with Crippen LogP contribution < -0.4 is 10.6 Å². The van der Waals surface area contributed by atoms with Gasteiger partial charge in [-0.25, -0.2) is 4.99 Å². The lowest BCUT2D eigenvalue weighted by atomic mass is 9.67. The van der Waals surface area contributed by atoms with E-state index in [1.165, 1.54) is 24.1 Å². The van der Waals surface area contributed by atoms with Crippen molar-refractivity contribution in [3.05, 3.63) is 34.0 Å². The standard InChI is InChI=1S/C19H30N6OS.HI/c1-15-23-24-17(25(15)2)13-21-18(20-12-16-6-4-11-27-16)22-14-19(7-5-8-19)9-10-26-3;/h4,6,11H,5,7-10,12-14H2,1-3H3,(H2,20,21,22);1H. The molecule has 2 N–H and O–H groups in total. The van der Waals surface area contributed by atoms with Crippen LogP contribution in [-0.2, 0) is 24.9 Å². The first-order valence-corrected chi connectivity index (χ1v) is 10.4. The van der Waals surface area contributed by atoms with Gasteiger partial charge in [0.1, 0.15) is 12.4 Å². The first-order chi connectivity index (χ1) is 13.1. The summed E-state index contributed by atoms with van der Waals surface area (Å²) in [6.45, 7) is 4.96. The minimum Gasteiger partial charge on any atom is -0.385 e. The van der Waals surface area contributed by atoms with Gasteiger partial charge in [-0.3, -0.25) is 0 Å². The molecule has 0 aliphatic heterocycles. The molecule has 156 valence electrons. The molecule has 0 amide bonds. The summed E-state index contributed by atoms with van der Waals surface area (Å²) in [5, 5.41) is 17.4. The van der Waals surface area contributed by atoms with Crippen molar-refractivity contribution in [3.63, 3.8) is 0 Å². The fraction of sp³-hybridized carbons (Fsp3) is 0.632. The van der Waals surface area contributed by atoms with E-state index in [9.17, 15) is 0 Å². The number of rotatable bonds is 9. The molecule has 28 heavy (non-hydrogen) atoms. The molecule has 1 fully saturated rings. The number of aryl methyl sites for hydroxylation is 1. The smallest absolute Gasteiger partial charge is 0.192 e. The minimum absolute atomic E-state index is 0. The van der Waals surface area contributed by atoms with E-state index in [4.69, 9.17) is 9.73 Å². The Kier molecular flexibility index (Phi) is 9.16. The van der Waals surface area contributed by atoms with Crippen LogP contribution in [0.3, 0.4) is 0 Å². The van der Waals surface area contributed by atoms with Crippen LogP contribution in [-0.4, -0.2) is 41.0 Å². The Balaban J connectivity index is 0.00000280. The van der Waals surface area contributed by atoms with Crippen LogP contribution in [0.5, 0.6) is 0 Å². The van der Waals surface area contributed by atoms with E-state index >= 15 is 0 Å². The SMILES string of the molecule is COCCC1(CNC(=NCc2nnc(C)n2C)NCc2cccs2)CCC1.I. The van der Waals surface area contributed by atoms with Gasteiger partial charge in [0, 0.05) is 32.2 Å². The van der Waals surface area contributed by atoms with Gasteiger partial charge in [0.2, 0.25) is 0 Å². The van der Waals surface area contributed by atoms with Crippen molar-refractivity contribution in [2.75, 3.05) is 20.3 Å². The summed E-state index contributed by atoms with van der Waals surface area (Å²) >= 11 is 1.75. The van der Waals surface area contributed by atoms with Gasteiger partial charge in [-0.15, -0.1) is 45.5 Å². The zero-order chi connectivity index (χ0) is 19.1. The second-order valence-corrected chi connectivity index (χ2v) is 8.30. The number of methoxy groups -OCH3 is 1. The maximum atomic E-state index is 5.31. The van der Waals surface area contributed by atoms with Crippen molar-refractivity contribution in [2.24, 2.45) is 17.5 Å². The predicted octanol–water partition coefficient (Wildman–Crippen LogP) is 3.25. The summed E-state index contributed by atoms with van der Waals surface area (Å²) in [4.78, 5) is 6.04. The van der Waals surface area contributed by atoms with Crippen LogP contribution in [0, 0.1) is 12.3 Å². The fourth-order valence-electron chi connectivity index (χ4n) is 3.28. The molecular formula is C19H31IN6OS. The number of hydrogen-bond acceptors (Lipinski definition) is 5. The third-order valence-corrected chi connectivity index (χ3v) is 6.33. The summed E-state index contributed by atoms with van der Waals surface area (Å²) < 4.78 is 7.29. The number of hydrogen-bond donors (Lipinski definition) is 2. The van der Waals surface area contributed by atoms with Gasteiger partial charge in [-0.1, -0.05) is 12.5 Å². The lowest BCUT2D eigenvalue weighted by molar-refractivity contribution is 0.0732. The summed E-state index contributed by atoms with van der Waals surface area (Å²) in [5.41, 5.74) is 0.336. The second kappa shape index (κ2) is 11.1. The molecule has 0 aromatic carbocycles. The van der Waals surface area contributed by atoms with Gasteiger partial charge in [0.05, 0.1) is 6.54 Å². The van der Waals surface area contributed by atoms with E-state index in [-0.39, 0.29) is 24.0 Å². The molecule has 0 radical (unpaired) electrons. The van der Waals surface area contributed by atoms with Gasteiger partial charge >= 0.3 is 0 Å². The van der Waals surface area contributed by atoms with E-state index in [1.807, 2.05) is 18.5 Å². The molecule has 0 bridgehead atoms. The minimum atomic E-state index is 0. The van der Waals surface area contributed by atoms with E-state index in [2.05, 4.69) is 38.3 Å². The molecule has 3 rings (SSSR count). The number of nitrogens with zero attached hydrogens (tertiary/aromatic N) is 4. The molecule has 9 heteroatoms. The Morgan fingerprint density at radius 1 is 1.36 bits per heavy atom. The number of guanidine groups is 1. The van der Waals surface area contributed by atoms with E-state index < -0.39 is 0 Å². The third kappa shape index (κ3) is 6.15. The van der Waals surface area contributed by atoms with Gasteiger partial charge in [0.15, 0.2) is 11.8 Å². The zero-order valence-corrected chi connectivity index (χ0v) is 20.0. The van der Waals surface area contributed by atoms with Gasteiger partial charge < -0.3 is 19.9 Å². The van der Waals surface area contributed by atoms with Crippen molar-refractivity contribution in [1.82, 2.24) is 25.4 Å². The first-order valence-electron chi connectivity index (χ1n) is 9.50. The average molecular weight is 518 g/mol. The number of aliphatic imine (C=N–C) groups is 1. The van der Waals surface area contributed by atoms with E-state index in [0.717, 1.165) is 43.7 Å². The topological polar surface area (TPSA) is 76.4 Å². The summed E-state index contributed by atoms with van der Waals surface area (Å²) in [6, 6.07) is 4.20. The Morgan fingerprint density at radius 3 is 2.75 bits per heavy atom. The molecule has 2 aromatic heterocycles. The molecule has 1 aliphatic rings. The van der Waals surface area contributed by atoms with Crippen LogP contribution in [0.15, 0.2) is 22.5 Å². The summed E-state index contributed by atoms with van der Waals surface area (Å²) in [7, 11) is 3.75. The monoisotopic (exact) mass is 518 g/mol. The Hall–Kier alpha value is -1.20. The van der Waals surface area contributed by atoms with Crippen molar-refractivity contribution < 1.29 is 4.74 Å². The Labute approximate surface area is 188 Å². The number of thiophene rings is 1. The van der Waals surface area contributed by atoms with Crippen LogP contribution in [0.4, 0.5) is 0 Å². The normalized spacial score (nSPS) is 15.6. The van der Waals surface area contributed by atoms with E-state index in [1.54, 1.807) is 18.4 Å². The Morgan fingerprint density at radius 2 is 2.18 bits per heavy atom. The van der Waals surface area contributed by atoms with Crippen LogP contribution in [0.25, 0.3) is 0 Å². The highest BCUT2D eigenvalue weighted by molar-refractivity contribution is 14.0. The largest absolute Gasteiger partial charge is 0.385 e. The van der Waals surface area contributed by atoms with Crippen LogP contribution in [0.2, 0.25) is 0 Å². The van der Waals surface area contributed by atoms with E-state index in [0.29, 0.717) is 12.0 Å². The van der Waals surface area contributed by atoms with Gasteiger partial charge in [-0.2, -0.15) is 0 Å². The number of halogens is 1. The molecule has 7 nitrogen and oxygen atoms in total. The highest BCUT2D eigenvalue weighted by Gasteiger charge is 2.36. The predicted molar refractivity (Wildman–Crippen MR) is 124 cm³/mol. The van der Waals surface area contributed by atoms with Gasteiger partial charge in [0.25, 0.3) is 0 Å². The van der Waals surface area contributed by atoms with Gasteiger partial charge in [-0.05, 0) is 43.0 Å². The molecule has 2 heterocycles. The fourth-order valence-corrected chi connectivity index (χ4v) is 3.92. The summed E-state index contributed by atoms with van der Waals surface area (Å²) in [6.07, 6.45) is 4.91. The van der Waals surface area contributed by atoms with Crippen LogP contribution in [0.1, 0.15) is 42.2 Å². The molecular weight excluding hydrogens is 487 g/mol. The van der Waals surface area contributed by atoms with Crippen molar-refractivity contribution in [1.29, 1.82) is 0 Å². The quantitative estimate of drug-likeness (QED) is 0.303. The van der Waals surface area contributed by atoms with Crippen LogP contribution >= 0.6 is 35.3 Å². The molecule has 0 unspecified atom stereocenters. The van der Waals surface area contributed by atoms with Crippen molar-refractivity contribution in [2.45, 2.75) is 45.7 Å². The molecule has 0 saturated heterocycles. The molecule has 1 saturated carbocycles. The average Bonchev–Trinajstić information content (AvgIpc) is 3.27. The van der Waals surface area contributed by atoms with Crippen molar-refractivity contribution in [3.8, 4) is 0 Å². The maximum Gasteiger partial charge on any atom is 0.192 e. The third-order valence-electron chi connectivity index (χ3n) is 5.45. The molecule has 0 spiro atoms. The zero-order valence-electron chi connectivity index (χ0n) is 16.9. The number of nitrogens with one attached hydrogen (secondary N) is 2. The first kappa shape index (κ1) is 23.1. The highest BCUT2D eigenvalue weighted by Crippen LogP contribution is 2.43. The summed E-state index contributed by atoms with van der Waals surface area (Å²) in [5.74, 6) is 2.59. The molecule has 1 aliphatic carbocycles. The van der Waals surface area contributed by atoms with Crippen molar-refractivity contribution >= 4 is 41.3 Å². The number of ether oxygens (including phenoxy) is 1.